The molecule has 0 bridgehead atoms. The molecule has 0 spiro atoms. The van der Waals surface area contributed by atoms with E-state index in [2.05, 4.69) is 13.8 Å². The molecule has 146 valence electrons. The quantitative estimate of drug-likeness (QED) is 0.565. The summed E-state index contributed by atoms with van der Waals surface area (Å²) in [7, 11) is 1.00. The monoisotopic (exact) mass is 350 g/mol. The lowest BCUT2D eigenvalue weighted by molar-refractivity contribution is -0.109. The van der Waals surface area contributed by atoms with Gasteiger partial charge in [0.25, 0.3) is 0 Å². The summed E-state index contributed by atoms with van der Waals surface area (Å²) >= 11 is 0. The lowest BCUT2D eigenvalue weighted by atomic mass is 9.42. The van der Waals surface area contributed by atoms with Crippen molar-refractivity contribution in [2.45, 2.75) is 97.4 Å². The molecule has 0 aromatic rings. The number of nitrogens with one attached hydrogen (secondary N) is 1. The predicted octanol–water partition coefficient (Wildman–Crippen LogP) is 5.15. The molecule has 0 aromatic heterocycles. The normalized spacial score (nSPS) is 48.0. The Balaban J connectivity index is 0.000000528. The zero-order chi connectivity index (χ0) is 18.9. The highest BCUT2D eigenvalue weighted by Gasteiger charge is 2.64. The summed E-state index contributed by atoms with van der Waals surface area (Å²) in [5.41, 5.74) is 8.85. The van der Waals surface area contributed by atoms with Gasteiger partial charge < -0.3 is 16.2 Å². The van der Waals surface area contributed by atoms with Crippen molar-refractivity contribution in [3.8, 4) is 0 Å². The van der Waals surface area contributed by atoms with Gasteiger partial charge in [-0.15, -0.1) is 0 Å². The maximum atomic E-state index is 8.44. The van der Waals surface area contributed by atoms with Crippen LogP contribution < -0.4 is 5.73 Å². The van der Waals surface area contributed by atoms with Crippen LogP contribution in [0.15, 0.2) is 0 Å². The number of hydrogen-bond acceptors (Lipinski definition) is 3. The lowest BCUT2D eigenvalue weighted by Gasteiger charge is -2.64. The van der Waals surface area contributed by atoms with Crippen molar-refractivity contribution in [3.05, 3.63) is 0 Å². The zero-order valence-corrected chi connectivity index (χ0v) is 17.3. The molecule has 4 saturated carbocycles. The molecular formula is C22H42N2O. The number of fused-ring (bicyclic) bond motifs is 5. The van der Waals surface area contributed by atoms with E-state index in [0.29, 0.717) is 17.3 Å². The molecule has 0 amide bonds. The maximum Gasteiger partial charge on any atom is 0.0319 e. The molecule has 6 atom stereocenters. The molecule has 0 radical (unpaired) electrons. The highest BCUT2D eigenvalue weighted by molar-refractivity contribution is 5.90. The molecule has 4 rings (SSSR count). The zero-order valence-electron chi connectivity index (χ0n) is 17.3. The molecule has 4 fully saturated rings. The van der Waals surface area contributed by atoms with E-state index in [1.165, 1.54) is 57.8 Å². The van der Waals surface area contributed by atoms with E-state index in [0.717, 1.165) is 25.2 Å². The minimum absolute atomic E-state index is 0.0262. The van der Waals surface area contributed by atoms with E-state index >= 15 is 0 Å². The Morgan fingerprint density at radius 3 is 2.28 bits per heavy atom. The number of aliphatic hydroxyl groups excluding tert-OH is 1. The fourth-order valence-corrected chi connectivity index (χ4v) is 7.33. The van der Waals surface area contributed by atoms with Crippen LogP contribution in [0.1, 0.15) is 91.9 Å². The van der Waals surface area contributed by atoms with Crippen LogP contribution in [0.25, 0.3) is 0 Å². The third-order valence-corrected chi connectivity index (χ3v) is 8.56. The number of aliphatic hydroxyl groups is 1. The van der Waals surface area contributed by atoms with Crippen LogP contribution in [0, 0.1) is 34.0 Å². The van der Waals surface area contributed by atoms with Gasteiger partial charge in [0.1, 0.15) is 0 Å². The Bertz CT molecular complexity index is 479. The van der Waals surface area contributed by atoms with Gasteiger partial charge in [0.2, 0.25) is 0 Å². The molecule has 4 aliphatic carbocycles. The van der Waals surface area contributed by atoms with E-state index in [1.54, 1.807) is 0 Å². The van der Waals surface area contributed by atoms with E-state index in [-0.39, 0.29) is 11.0 Å². The second-order valence-corrected chi connectivity index (χ2v) is 9.18. The minimum Gasteiger partial charge on any atom is -0.400 e. The summed E-state index contributed by atoms with van der Waals surface area (Å²) in [4.78, 5) is 0. The Labute approximate surface area is 155 Å². The van der Waals surface area contributed by atoms with Gasteiger partial charge >= 0.3 is 0 Å². The molecule has 4 N–H and O–H groups in total. The summed E-state index contributed by atoms with van der Waals surface area (Å²) < 4.78 is 0. The first-order valence-corrected chi connectivity index (χ1v) is 10.7. The lowest BCUT2D eigenvalue weighted by Crippen LogP contribution is -2.67. The third-order valence-electron chi connectivity index (χ3n) is 8.56. The Morgan fingerprint density at radius 1 is 0.920 bits per heavy atom. The van der Waals surface area contributed by atoms with Gasteiger partial charge in [-0.2, -0.15) is 0 Å². The first kappa shape index (κ1) is 20.9. The largest absolute Gasteiger partial charge is 0.400 e. The van der Waals surface area contributed by atoms with Crippen LogP contribution in [-0.4, -0.2) is 23.5 Å². The molecule has 6 unspecified atom stereocenters. The maximum absolute atomic E-state index is 8.44. The van der Waals surface area contributed by atoms with Crippen molar-refractivity contribution in [3.63, 3.8) is 0 Å². The molecule has 4 aliphatic rings. The summed E-state index contributed by atoms with van der Waals surface area (Å²) in [6, 6.07) is 0. The molecule has 0 saturated heterocycles. The minimum atomic E-state index is 0.0262. The van der Waals surface area contributed by atoms with E-state index in [9.17, 15) is 0 Å². The summed E-state index contributed by atoms with van der Waals surface area (Å²) in [6.07, 6.45) is 13.0. The van der Waals surface area contributed by atoms with Crippen LogP contribution >= 0.6 is 0 Å². The number of rotatable bonds is 0. The third kappa shape index (κ3) is 3.00. The van der Waals surface area contributed by atoms with E-state index in [1.807, 2.05) is 13.8 Å². The van der Waals surface area contributed by atoms with Crippen molar-refractivity contribution in [1.29, 1.82) is 5.41 Å². The highest BCUT2D eigenvalue weighted by atomic mass is 16.2. The smallest absolute Gasteiger partial charge is 0.0319 e. The molecule has 0 aliphatic heterocycles. The topological polar surface area (TPSA) is 70.1 Å². The van der Waals surface area contributed by atoms with Crippen LogP contribution in [0.5, 0.6) is 0 Å². The number of nitrogens with two attached hydrogens (primary N) is 1. The van der Waals surface area contributed by atoms with Gasteiger partial charge in [0, 0.05) is 23.8 Å². The SMILES string of the molecule is CC.CC12CCC3C4(C)CCCCC4CCC3(N)C1CCC2=N.CO. The molecule has 25 heavy (non-hydrogen) atoms. The summed E-state index contributed by atoms with van der Waals surface area (Å²) in [5.74, 6) is 2.22. The van der Waals surface area contributed by atoms with Crippen molar-refractivity contribution >= 4 is 5.71 Å². The van der Waals surface area contributed by atoms with Gasteiger partial charge in [0.15, 0.2) is 0 Å². The molecule has 0 heterocycles. The molecule has 3 heteroatoms. The van der Waals surface area contributed by atoms with Crippen LogP contribution in [-0.2, 0) is 0 Å². The van der Waals surface area contributed by atoms with Crippen molar-refractivity contribution in [1.82, 2.24) is 0 Å². The Kier molecular flexibility index (Phi) is 6.42. The Morgan fingerprint density at radius 2 is 1.60 bits per heavy atom. The van der Waals surface area contributed by atoms with Gasteiger partial charge in [-0.05, 0) is 74.5 Å². The molecular weight excluding hydrogens is 308 g/mol. The average Bonchev–Trinajstić information content (AvgIpc) is 2.94. The summed E-state index contributed by atoms with van der Waals surface area (Å²) in [6.45, 7) is 8.93. The predicted molar refractivity (Wildman–Crippen MR) is 107 cm³/mol. The van der Waals surface area contributed by atoms with Crippen LogP contribution in [0.4, 0.5) is 0 Å². The van der Waals surface area contributed by atoms with Gasteiger partial charge in [0.05, 0.1) is 0 Å². The van der Waals surface area contributed by atoms with E-state index in [4.69, 9.17) is 16.2 Å². The van der Waals surface area contributed by atoms with Crippen LogP contribution in [0.2, 0.25) is 0 Å². The van der Waals surface area contributed by atoms with Crippen LogP contribution in [0.3, 0.4) is 0 Å². The highest BCUT2D eigenvalue weighted by Crippen LogP contribution is 2.66. The second kappa shape index (κ2) is 7.68. The van der Waals surface area contributed by atoms with Gasteiger partial charge in [-0.1, -0.05) is 40.5 Å². The van der Waals surface area contributed by atoms with Crippen molar-refractivity contribution in [2.24, 2.45) is 34.3 Å². The van der Waals surface area contributed by atoms with Crippen molar-refractivity contribution in [2.75, 3.05) is 7.11 Å². The van der Waals surface area contributed by atoms with E-state index < -0.39 is 0 Å². The van der Waals surface area contributed by atoms with Gasteiger partial charge in [-0.3, -0.25) is 0 Å². The standard InChI is InChI=1S/C19H32N2.C2H6.CH4O/c1-17-10-4-3-5-13(17)8-12-19(21)14-6-7-16(20)18(14,2)11-9-15(17)19;2*1-2/h13-15,20H,3-12,21H2,1-2H3;1-2H3;2H,1H3. The fraction of sp³-hybridized carbons (Fsp3) is 0.955. The average molecular weight is 351 g/mol. The molecule has 3 nitrogen and oxygen atoms in total. The number of hydrogen-bond donors (Lipinski definition) is 3. The second-order valence-electron chi connectivity index (χ2n) is 9.18. The fourth-order valence-electron chi connectivity index (χ4n) is 7.33. The summed E-state index contributed by atoms with van der Waals surface area (Å²) in [5, 5.41) is 15.4. The molecule has 0 aromatic carbocycles. The first-order chi connectivity index (χ1) is 11.9. The van der Waals surface area contributed by atoms with Crippen molar-refractivity contribution < 1.29 is 5.11 Å². The first-order valence-electron chi connectivity index (χ1n) is 10.7. The Hall–Kier alpha value is -0.410. The van der Waals surface area contributed by atoms with Gasteiger partial charge in [-0.25, -0.2) is 0 Å².